The Bertz CT molecular complexity index is 1080. The Morgan fingerprint density at radius 2 is 2.04 bits per heavy atom. The smallest absolute Gasteiger partial charge is 0.231 e. The third kappa shape index (κ3) is 3.20. The van der Waals surface area contributed by atoms with Gasteiger partial charge in [0.15, 0.2) is 11.5 Å². The van der Waals surface area contributed by atoms with Gasteiger partial charge in [-0.1, -0.05) is 6.92 Å². The van der Waals surface area contributed by atoms with Crippen molar-refractivity contribution in [3.63, 3.8) is 0 Å². The van der Waals surface area contributed by atoms with Gasteiger partial charge < -0.3 is 15.6 Å². The van der Waals surface area contributed by atoms with Gasteiger partial charge in [-0.2, -0.15) is 9.97 Å². The predicted octanol–water partition coefficient (Wildman–Crippen LogP) is 4.62. The fourth-order valence-corrected chi connectivity index (χ4v) is 3.45. The number of aryl methyl sites for hydroxylation is 1. The molecule has 3 N–H and O–H groups in total. The highest BCUT2D eigenvalue weighted by atomic mass is 32.1. The first-order valence-corrected chi connectivity index (χ1v) is 9.39. The fourth-order valence-electron chi connectivity index (χ4n) is 2.64. The highest BCUT2D eigenvalue weighted by Crippen LogP contribution is 2.27. The minimum Gasteiger partial charge on any atom is -0.363 e. The molecule has 3 aromatic heterocycles. The minimum atomic E-state index is -0.0826. The molecule has 3 heterocycles. The molecule has 0 saturated carbocycles. The van der Waals surface area contributed by atoms with E-state index in [2.05, 4.69) is 62.4 Å². The summed E-state index contributed by atoms with van der Waals surface area (Å²) in [5.74, 6) is 1.25. The third-order valence-corrected chi connectivity index (χ3v) is 5.33. The first-order chi connectivity index (χ1) is 12.4. The van der Waals surface area contributed by atoms with Crippen molar-refractivity contribution in [1.82, 2.24) is 24.9 Å². The van der Waals surface area contributed by atoms with Gasteiger partial charge in [0.2, 0.25) is 5.95 Å². The summed E-state index contributed by atoms with van der Waals surface area (Å²) >= 11 is 1.69. The van der Waals surface area contributed by atoms with Crippen molar-refractivity contribution in [3.8, 4) is 0 Å². The van der Waals surface area contributed by atoms with Gasteiger partial charge in [-0.15, -0.1) is 11.3 Å². The zero-order valence-electron chi connectivity index (χ0n) is 15.2. The maximum Gasteiger partial charge on any atom is 0.231 e. The quantitative estimate of drug-likeness (QED) is 0.477. The van der Waals surface area contributed by atoms with Crippen LogP contribution in [0.3, 0.4) is 0 Å². The molecule has 0 bridgehead atoms. The van der Waals surface area contributed by atoms with E-state index in [4.69, 9.17) is 0 Å². The maximum absolute atomic E-state index is 4.66. The molecule has 7 nitrogen and oxygen atoms in total. The van der Waals surface area contributed by atoms with E-state index in [1.54, 1.807) is 17.7 Å². The molecule has 0 unspecified atom stereocenters. The molecule has 0 aliphatic carbocycles. The van der Waals surface area contributed by atoms with Crippen molar-refractivity contribution in [3.05, 3.63) is 29.5 Å². The first-order valence-electron chi connectivity index (χ1n) is 8.57. The van der Waals surface area contributed by atoms with Crippen LogP contribution in [0.2, 0.25) is 0 Å². The maximum atomic E-state index is 4.66. The van der Waals surface area contributed by atoms with Crippen molar-refractivity contribution >= 4 is 50.2 Å². The normalized spacial score (nSPS) is 12.0. The van der Waals surface area contributed by atoms with Gasteiger partial charge in [0, 0.05) is 11.2 Å². The minimum absolute atomic E-state index is 0.0826. The van der Waals surface area contributed by atoms with Gasteiger partial charge in [-0.25, -0.2) is 9.97 Å². The summed E-state index contributed by atoms with van der Waals surface area (Å²) in [6.07, 6.45) is 2.60. The average molecular weight is 367 g/mol. The van der Waals surface area contributed by atoms with Gasteiger partial charge in [0.1, 0.15) is 5.52 Å². The predicted molar refractivity (Wildman–Crippen MR) is 107 cm³/mol. The van der Waals surface area contributed by atoms with E-state index < -0.39 is 0 Å². The number of fused-ring (bicyclic) bond motifs is 2. The Morgan fingerprint density at radius 1 is 1.19 bits per heavy atom. The van der Waals surface area contributed by atoms with Crippen LogP contribution >= 0.6 is 11.3 Å². The van der Waals surface area contributed by atoms with Crippen LogP contribution in [0.1, 0.15) is 32.2 Å². The number of imidazole rings is 1. The summed E-state index contributed by atoms with van der Waals surface area (Å²) in [7, 11) is 0. The topological polar surface area (TPSA) is 91.4 Å². The molecule has 0 saturated heterocycles. The summed E-state index contributed by atoms with van der Waals surface area (Å²) in [5, 5.41) is 7.82. The number of H-pyrrole nitrogens is 1. The molecule has 4 rings (SSSR count). The molecule has 26 heavy (non-hydrogen) atoms. The van der Waals surface area contributed by atoms with E-state index in [0.717, 1.165) is 34.0 Å². The van der Waals surface area contributed by atoms with Crippen LogP contribution in [-0.4, -0.2) is 30.5 Å². The lowest BCUT2D eigenvalue weighted by molar-refractivity contribution is 0.545. The second-order valence-corrected chi connectivity index (χ2v) is 8.13. The number of anilines is 3. The Labute approximate surface area is 155 Å². The molecular weight excluding hydrogens is 346 g/mol. The third-order valence-electron chi connectivity index (χ3n) is 4.38. The zero-order chi connectivity index (χ0) is 18.3. The number of aromatic amines is 1. The molecule has 0 atom stereocenters. The molecule has 0 aliphatic rings. The van der Waals surface area contributed by atoms with Gasteiger partial charge in [-0.3, -0.25) is 0 Å². The van der Waals surface area contributed by atoms with Crippen molar-refractivity contribution in [2.24, 2.45) is 0 Å². The Morgan fingerprint density at radius 3 is 2.85 bits per heavy atom. The molecular formula is C18H21N7S. The molecule has 0 aliphatic heterocycles. The summed E-state index contributed by atoms with van der Waals surface area (Å²) < 4.78 is 1.17. The number of nitrogens with one attached hydrogen (secondary N) is 3. The monoisotopic (exact) mass is 367 g/mol. The molecule has 0 amide bonds. The van der Waals surface area contributed by atoms with E-state index in [9.17, 15) is 0 Å². The number of hydrogen-bond donors (Lipinski definition) is 3. The highest BCUT2D eigenvalue weighted by Gasteiger charge is 2.19. The number of hydrogen-bond acceptors (Lipinski definition) is 7. The molecule has 134 valence electrons. The van der Waals surface area contributed by atoms with E-state index in [1.807, 2.05) is 19.1 Å². The molecule has 8 heteroatoms. The summed E-state index contributed by atoms with van der Waals surface area (Å²) in [6, 6.07) is 6.09. The summed E-state index contributed by atoms with van der Waals surface area (Å²) in [5.41, 5.74) is 3.23. The number of thiazole rings is 1. The van der Waals surface area contributed by atoms with E-state index in [1.165, 1.54) is 4.70 Å². The van der Waals surface area contributed by atoms with Gasteiger partial charge in [0.05, 0.1) is 21.6 Å². The lowest BCUT2D eigenvalue weighted by Gasteiger charge is -2.25. The fraction of sp³-hybridized carbons (Fsp3) is 0.333. The lowest BCUT2D eigenvalue weighted by Crippen LogP contribution is -2.30. The number of benzene rings is 1. The van der Waals surface area contributed by atoms with Gasteiger partial charge in [0.25, 0.3) is 0 Å². The van der Waals surface area contributed by atoms with Crippen LogP contribution in [0.5, 0.6) is 0 Å². The lowest BCUT2D eigenvalue weighted by atomic mass is 10.0. The van der Waals surface area contributed by atoms with Crippen molar-refractivity contribution < 1.29 is 0 Å². The summed E-state index contributed by atoms with van der Waals surface area (Å²) in [4.78, 5) is 21.1. The average Bonchev–Trinajstić information content (AvgIpc) is 3.19. The van der Waals surface area contributed by atoms with Crippen LogP contribution in [0.15, 0.2) is 24.5 Å². The van der Waals surface area contributed by atoms with Gasteiger partial charge in [-0.05, 0) is 45.4 Å². The first kappa shape index (κ1) is 16.7. The molecule has 1 aromatic carbocycles. The zero-order valence-corrected chi connectivity index (χ0v) is 16.0. The van der Waals surface area contributed by atoms with Crippen molar-refractivity contribution in [1.29, 1.82) is 0 Å². The number of aromatic nitrogens is 5. The van der Waals surface area contributed by atoms with Crippen LogP contribution < -0.4 is 10.6 Å². The molecule has 4 aromatic rings. The molecule has 0 fully saturated rings. The van der Waals surface area contributed by atoms with E-state index >= 15 is 0 Å². The number of nitrogens with zero attached hydrogens (tertiary/aromatic N) is 4. The Hall–Kier alpha value is -2.74. The SMILES string of the molecule is CCC(C)(C)Nc1nc(Nc2ccc3sc(C)nc3c2)nc2nc[nH]c12. The molecule has 0 radical (unpaired) electrons. The van der Waals surface area contributed by atoms with Gasteiger partial charge >= 0.3 is 0 Å². The van der Waals surface area contributed by atoms with Crippen LogP contribution in [0.25, 0.3) is 21.4 Å². The van der Waals surface area contributed by atoms with Crippen LogP contribution in [-0.2, 0) is 0 Å². The Kier molecular flexibility index (Phi) is 3.99. The Balaban J connectivity index is 1.71. The highest BCUT2D eigenvalue weighted by molar-refractivity contribution is 7.18. The number of rotatable bonds is 5. The second-order valence-electron chi connectivity index (χ2n) is 6.90. The van der Waals surface area contributed by atoms with Crippen molar-refractivity contribution in [2.45, 2.75) is 39.7 Å². The van der Waals surface area contributed by atoms with Crippen LogP contribution in [0, 0.1) is 6.92 Å². The van der Waals surface area contributed by atoms with E-state index in [-0.39, 0.29) is 5.54 Å². The van der Waals surface area contributed by atoms with Crippen LogP contribution in [0.4, 0.5) is 17.5 Å². The molecule has 0 spiro atoms. The van der Waals surface area contributed by atoms with E-state index in [0.29, 0.717) is 11.6 Å². The second kappa shape index (κ2) is 6.21. The standard InChI is InChI=1S/C18H21N7S/c1-5-18(3,4)25-16-14-15(20-9-19-14)23-17(24-16)22-11-6-7-13-12(8-11)21-10(2)26-13/h6-9H,5H2,1-4H3,(H3,19,20,22,23,24,25). The van der Waals surface area contributed by atoms with Crippen molar-refractivity contribution in [2.75, 3.05) is 10.6 Å². The summed E-state index contributed by atoms with van der Waals surface area (Å²) in [6.45, 7) is 8.44. The largest absolute Gasteiger partial charge is 0.363 e.